The molecule has 0 aromatic heterocycles. The first-order valence-corrected chi connectivity index (χ1v) is 6.92. The normalized spacial score (nSPS) is 25.1. The third-order valence-corrected chi connectivity index (χ3v) is 3.82. The summed E-state index contributed by atoms with van der Waals surface area (Å²) in [6, 6.07) is -1.25. The van der Waals surface area contributed by atoms with Crippen molar-refractivity contribution in [1.82, 2.24) is 10.2 Å². The predicted octanol–water partition coefficient (Wildman–Crippen LogP) is 1.70. The fourth-order valence-electron chi connectivity index (χ4n) is 2.41. The van der Waals surface area contributed by atoms with Crippen LogP contribution in [0.25, 0.3) is 0 Å². The summed E-state index contributed by atoms with van der Waals surface area (Å²) in [5, 5.41) is 11.9. The van der Waals surface area contributed by atoms with Gasteiger partial charge in [-0.25, -0.2) is 9.59 Å². The van der Waals surface area contributed by atoms with Crippen molar-refractivity contribution in [3.05, 3.63) is 0 Å². The van der Waals surface area contributed by atoms with Crippen LogP contribution in [0, 0.1) is 5.41 Å². The van der Waals surface area contributed by atoms with E-state index < -0.39 is 17.4 Å². The van der Waals surface area contributed by atoms with Gasteiger partial charge in [0.2, 0.25) is 0 Å². The molecule has 1 saturated heterocycles. The number of amides is 2. The van der Waals surface area contributed by atoms with Crippen molar-refractivity contribution < 1.29 is 19.4 Å². The molecule has 0 saturated carbocycles. The minimum absolute atomic E-state index is 0.338. The number of urea groups is 1. The summed E-state index contributed by atoms with van der Waals surface area (Å²) >= 11 is 0. The Morgan fingerprint density at radius 2 is 2.00 bits per heavy atom. The van der Waals surface area contributed by atoms with Crippen LogP contribution in [0.3, 0.4) is 0 Å². The summed E-state index contributed by atoms with van der Waals surface area (Å²) in [6.45, 7) is 8.45. The van der Waals surface area contributed by atoms with Gasteiger partial charge in [-0.3, -0.25) is 0 Å². The van der Waals surface area contributed by atoms with Crippen molar-refractivity contribution in [2.24, 2.45) is 5.41 Å². The van der Waals surface area contributed by atoms with Crippen LogP contribution in [-0.2, 0) is 9.53 Å². The summed E-state index contributed by atoms with van der Waals surface area (Å²) in [5.41, 5.74) is -0.891. The van der Waals surface area contributed by atoms with E-state index in [9.17, 15) is 14.7 Å². The quantitative estimate of drug-likeness (QED) is 0.827. The van der Waals surface area contributed by atoms with Gasteiger partial charge in [-0.2, -0.15) is 0 Å². The highest BCUT2D eigenvalue weighted by atomic mass is 16.5. The van der Waals surface area contributed by atoms with Gasteiger partial charge in [0.25, 0.3) is 0 Å². The second-order valence-corrected chi connectivity index (χ2v) is 6.77. The van der Waals surface area contributed by atoms with Gasteiger partial charge in [0, 0.05) is 13.7 Å². The van der Waals surface area contributed by atoms with Crippen LogP contribution in [0.5, 0.6) is 0 Å². The van der Waals surface area contributed by atoms with Gasteiger partial charge in [-0.05, 0) is 25.2 Å². The Morgan fingerprint density at radius 3 is 2.45 bits per heavy atom. The molecule has 2 N–H and O–H groups in total. The molecule has 0 aliphatic carbocycles. The lowest BCUT2D eigenvalue weighted by molar-refractivity contribution is -0.142. The van der Waals surface area contributed by atoms with Crippen LogP contribution in [0.2, 0.25) is 0 Å². The van der Waals surface area contributed by atoms with Crippen LogP contribution < -0.4 is 5.32 Å². The number of hydrogen-bond donors (Lipinski definition) is 2. The van der Waals surface area contributed by atoms with Crippen LogP contribution >= 0.6 is 0 Å². The molecule has 0 aromatic rings. The zero-order chi connectivity index (χ0) is 15.6. The summed E-state index contributed by atoms with van der Waals surface area (Å²) in [4.78, 5) is 25.2. The number of rotatable bonds is 3. The summed E-state index contributed by atoms with van der Waals surface area (Å²) < 4.78 is 5.44. The minimum Gasteiger partial charge on any atom is -0.480 e. The first-order valence-electron chi connectivity index (χ1n) is 6.92. The van der Waals surface area contributed by atoms with Crippen LogP contribution in [0.15, 0.2) is 0 Å². The minimum atomic E-state index is -1.02. The number of carboxylic acids is 1. The number of carbonyl (C=O) groups is 2. The molecule has 2 atom stereocenters. The van der Waals surface area contributed by atoms with Gasteiger partial charge >= 0.3 is 12.0 Å². The van der Waals surface area contributed by atoms with E-state index >= 15 is 0 Å². The highest BCUT2D eigenvalue weighted by Gasteiger charge is 2.37. The number of methoxy groups -OCH3 is 1. The van der Waals surface area contributed by atoms with Crippen molar-refractivity contribution in [2.45, 2.75) is 52.2 Å². The van der Waals surface area contributed by atoms with Gasteiger partial charge < -0.3 is 20.1 Å². The Morgan fingerprint density at radius 1 is 1.40 bits per heavy atom. The van der Waals surface area contributed by atoms with E-state index in [1.54, 1.807) is 32.8 Å². The van der Waals surface area contributed by atoms with Crippen molar-refractivity contribution >= 4 is 12.0 Å². The molecule has 1 aliphatic heterocycles. The van der Waals surface area contributed by atoms with Gasteiger partial charge in [0.1, 0.15) is 6.04 Å². The van der Waals surface area contributed by atoms with Crippen LogP contribution in [0.1, 0.15) is 40.5 Å². The molecule has 6 heteroatoms. The SMILES string of the molecule is COC1(C)CCCN(C(=O)N[C@@H](C(=O)O)C(C)(C)C)C1. The summed E-state index contributed by atoms with van der Waals surface area (Å²) in [5.74, 6) is -1.02. The first kappa shape index (κ1) is 16.8. The molecule has 0 spiro atoms. The number of carboxylic acid groups (broad SMARTS) is 1. The average molecular weight is 286 g/mol. The van der Waals surface area contributed by atoms with Crippen LogP contribution in [0.4, 0.5) is 4.79 Å². The lowest BCUT2D eigenvalue weighted by Gasteiger charge is -2.40. The third-order valence-electron chi connectivity index (χ3n) is 3.82. The number of likely N-dealkylation sites (tertiary alicyclic amines) is 1. The Hall–Kier alpha value is -1.30. The smallest absolute Gasteiger partial charge is 0.326 e. The number of ether oxygens (including phenoxy) is 1. The van der Waals surface area contributed by atoms with E-state index in [0.717, 1.165) is 12.8 Å². The largest absolute Gasteiger partial charge is 0.480 e. The lowest BCUT2D eigenvalue weighted by Crippen LogP contribution is -2.57. The summed E-state index contributed by atoms with van der Waals surface area (Å²) in [6.07, 6.45) is 1.75. The maximum absolute atomic E-state index is 12.3. The third kappa shape index (κ3) is 4.10. The number of nitrogens with zero attached hydrogens (tertiary/aromatic N) is 1. The van der Waals surface area contributed by atoms with Crippen molar-refractivity contribution in [2.75, 3.05) is 20.2 Å². The fraction of sp³-hybridized carbons (Fsp3) is 0.857. The molecular formula is C14H26N2O4. The van der Waals surface area contributed by atoms with Gasteiger partial charge in [0.05, 0.1) is 12.1 Å². The number of aliphatic carboxylic acids is 1. The van der Waals surface area contributed by atoms with Crippen molar-refractivity contribution in [1.29, 1.82) is 0 Å². The predicted molar refractivity (Wildman–Crippen MR) is 75.6 cm³/mol. The van der Waals surface area contributed by atoms with E-state index in [-0.39, 0.29) is 11.6 Å². The Kier molecular flexibility index (Phi) is 5.02. The Balaban J connectivity index is 2.72. The molecular weight excluding hydrogens is 260 g/mol. The van der Waals surface area contributed by atoms with Gasteiger partial charge in [-0.15, -0.1) is 0 Å². The molecule has 1 aliphatic rings. The molecule has 20 heavy (non-hydrogen) atoms. The van der Waals surface area contributed by atoms with E-state index in [0.29, 0.717) is 13.1 Å². The lowest BCUT2D eigenvalue weighted by atomic mass is 9.87. The number of hydrogen-bond acceptors (Lipinski definition) is 3. The molecule has 0 bridgehead atoms. The molecule has 116 valence electrons. The molecule has 0 radical (unpaired) electrons. The number of piperidine rings is 1. The maximum atomic E-state index is 12.3. The standard InChI is InChI=1S/C14H26N2O4/c1-13(2,3)10(11(17)18)15-12(19)16-8-6-7-14(4,9-16)20-5/h10H,6-9H2,1-5H3,(H,15,19)(H,17,18)/t10-,14?/m0/s1. The highest BCUT2D eigenvalue weighted by Crippen LogP contribution is 2.25. The molecule has 1 heterocycles. The monoisotopic (exact) mass is 286 g/mol. The Bertz CT molecular complexity index is 378. The number of carbonyl (C=O) groups excluding carboxylic acids is 1. The molecule has 1 fully saturated rings. The zero-order valence-electron chi connectivity index (χ0n) is 13.0. The molecule has 2 amide bonds. The van der Waals surface area contributed by atoms with E-state index in [2.05, 4.69) is 5.32 Å². The van der Waals surface area contributed by atoms with Crippen molar-refractivity contribution in [3.8, 4) is 0 Å². The Labute approximate surface area is 120 Å². The molecule has 6 nitrogen and oxygen atoms in total. The van der Waals surface area contributed by atoms with E-state index in [4.69, 9.17) is 4.74 Å². The highest BCUT2D eigenvalue weighted by molar-refractivity contribution is 5.83. The second-order valence-electron chi connectivity index (χ2n) is 6.77. The van der Waals surface area contributed by atoms with Crippen molar-refractivity contribution in [3.63, 3.8) is 0 Å². The average Bonchev–Trinajstić information content (AvgIpc) is 2.34. The van der Waals surface area contributed by atoms with Crippen LogP contribution in [-0.4, -0.2) is 53.8 Å². The zero-order valence-corrected chi connectivity index (χ0v) is 13.0. The molecule has 1 rings (SSSR count). The second kappa shape index (κ2) is 5.99. The van der Waals surface area contributed by atoms with E-state index in [1.807, 2.05) is 6.92 Å². The summed E-state index contributed by atoms with van der Waals surface area (Å²) in [7, 11) is 1.64. The topological polar surface area (TPSA) is 78.9 Å². The van der Waals surface area contributed by atoms with Gasteiger partial charge in [0.15, 0.2) is 0 Å². The van der Waals surface area contributed by atoms with E-state index in [1.165, 1.54) is 0 Å². The fourth-order valence-corrected chi connectivity index (χ4v) is 2.41. The van der Waals surface area contributed by atoms with Gasteiger partial charge in [-0.1, -0.05) is 20.8 Å². The number of nitrogens with one attached hydrogen (secondary N) is 1. The maximum Gasteiger partial charge on any atom is 0.326 e. The first-order chi connectivity index (χ1) is 9.09. The molecule has 0 aromatic carbocycles. The molecule has 1 unspecified atom stereocenters.